The molecule has 2 rings (SSSR count). The second-order valence-corrected chi connectivity index (χ2v) is 6.78. The van der Waals surface area contributed by atoms with Gasteiger partial charge in [-0.15, -0.1) is 0 Å². The Balaban J connectivity index is 2.17. The number of carbonyl (C=O) groups excluding carboxylic acids is 1. The Kier molecular flexibility index (Phi) is 3.76. The molecular formula is C16H23FN2O. The summed E-state index contributed by atoms with van der Waals surface area (Å²) < 4.78 is 13.7. The Bertz CT molecular complexity index is 511. The molecule has 0 saturated carbocycles. The van der Waals surface area contributed by atoms with E-state index >= 15 is 0 Å². The van der Waals surface area contributed by atoms with Crippen LogP contribution < -0.4 is 5.73 Å². The fourth-order valence-electron chi connectivity index (χ4n) is 2.66. The van der Waals surface area contributed by atoms with Crippen molar-refractivity contribution in [3.63, 3.8) is 0 Å². The predicted octanol–water partition coefficient (Wildman–Crippen LogP) is 3.22. The molecule has 3 nitrogen and oxygen atoms in total. The summed E-state index contributed by atoms with van der Waals surface area (Å²) in [6.45, 7) is 9.65. The highest BCUT2D eigenvalue weighted by Crippen LogP contribution is 2.34. The van der Waals surface area contributed by atoms with Crippen LogP contribution in [-0.2, 0) is 0 Å². The molecule has 1 aromatic rings. The van der Waals surface area contributed by atoms with Crippen molar-refractivity contribution in [2.45, 2.75) is 34.1 Å². The molecule has 20 heavy (non-hydrogen) atoms. The number of amides is 1. The number of carbonyl (C=O) groups is 1. The number of rotatable bonds is 1. The van der Waals surface area contributed by atoms with E-state index in [2.05, 4.69) is 20.8 Å². The zero-order chi connectivity index (χ0) is 15.1. The van der Waals surface area contributed by atoms with Gasteiger partial charge < -0.3 is 10.6 Å². The third-order valence-electron chi connectivity index (χ3n) is 4.33. The average Bonchev–Trinajstić information content (AvgIpc) is 2.83. The maximum Gasteiger partial charge on any atom is 0.254 e. The number of nitrogen functional groups attached to an aromatic ring is 1. The predicted molar refractivity (Wildman–Crippen MR) is 79.0 cm³/mol. The molecule has 0 bridgehead atoms. The van der Waals surface area contributed by atoms with E-state index in [4.69, 9.17) is 5.73 Å². The van der Waals surface area contributed by atoms with Crippen LogP contribution in [0.25, 0.3) is 0 Å². The Morgan fingerprint density at radius 2 is 2.05 bits per heavy atom. The zero-order valence-electron chi connectivity index (χ0n) is 12.7. The number of hydrogen-bond donors (Lipinski definition) is 1. The number of anilines is 1. The summed E-state index contributed by atoms with van der Waals surface area (Å²) in [5.41, 5.74) is 7.01. The van der Waals surface area contributed by atoms with Gasteiger partial charge in [0.1, 0.15) is 5.82 Å². The molecule has 1 aromatic carbocycles. The lowest BCUT2D eigenvalue weighted by atomic mass is 9.80. The lowest BCUT2D eigenvalue weighted by Crippen LogP contribution is -2.31. The molecule has 2 N–H and O–H groups in total. The number of hydrogen-bond acceptors (Lipinski definition) is 2. The average molecular weight is 278 g/mol. The lowest BCUT2D eigenvalue weighted by molar-refractivity contribution is 0.0776. The molecule has 1 heterocycles. The monoisotopic (exact) mass is 278 g/mol. The van der Waals surface area contributed by atoms with Gasteiger partial charge in [0.05, 0.1) is 0 Å². The van der Waals surface area contributed by atoms with E-state index in [0.29, 0.717) is 22.7 Å². The number of likely N-dealkylation sites (tertiary alicyclic amines) is 1. The standard InChI is InChI=1S/C16H23FN2O/c1-10-13(17)7-11(8-14(10)18)15(20)19-6-5-12(9-19)16(2,3)4/h7-8,12H,5-6,9,18H2,1-4H3. The van der Waals surface area contributed by atoms with Gasteiger partial charge in [-0.3, -0.25) is 4.79 Å². The van der Waals surface area contributed by atoms with Gasteiger partial charge in [-0.05, 0) is 36.8 Å². The molecule has 1 amide bonds. The number of nitrogens with two attached hydrogens (primary N) is 1. The Hall–Kier alpha value is -1.58. The number of benzene rings is 1. The SMILES string of the molecule is Cc1c(N)cc(C(=O)N2CCC(C(C)(C)C)C2)cc1F. The molecule has 1 fully saturated rings. The number of halogens is 1. The van der Waals surface area contributed by atoms with Gasteiger partial charge in [-0.25, -0.2) is 4.39 Å². The van der Waals surface area contributed by atoms with Crippen molar-refractivity contribution in [3.05, 3.63) is 29.1 Å². The van der Waals surface area contributed by atoms with Crippen molar-refractivity contribution < 1.29 is 9.18 Å². The van der Waals surface area contributed by atoms with Crippen LogP contribution in [0.1, 0.15) is 43.1 Å². The molecule has 1 unspecified atom stereocenters. The molecule has 1 saturated heterocycles. The van der Waals surface area contributed by atoms with Gasteiger partial charge in [0.25, 0.3) is 5.91 Å². The van der Waals surface area contributed by atoms with Crippen LogP contribution in [0, 0.1) is 24.1 Å². The van der Waals surface area contributed by atoms with Crippen molar-refractivity contribution >= 4 is 11.6 Å². The molecule has 0 aromatic heterocycles. The number of nitrogens with zero attached hydrogens (tertiary/aromatic N) is 1. The third-order valence-corrected chi connectivity index (χ3v) is 4.33. The maximum atomic E-state index is 13.7. The van der Waals surface area contributed by atoms with Crippen molar-refractivity contribution in [1.29, 1.82) is 0 Å². The summed E-state index contributed by atoms with van der Waals surface area (Å²) >= 11 is 0. The summed E-state index contributed by atoms with van der Waals surface area (Å²) in [4.78, 5) is 14.2. The van der Waals surface area contributed by atoms with Crippen molar-refractivity contribution in [3.8, 4) is 0 Å². The first kappa shape index (κ1) is 14.8. The van der Waals surface area contributed by atoms with Gasteiger partial charge >= 0.3 is 0 Å². The molecule has 0 aliphatic carbocycles. The van der Waals surface area contributed by atoms with Crippen molar-refractivity contribution in [2.75, 3.05) is 18.8 Å². The van der Waals surface area contributed by atoms with Gasteiger partial charge in [-0.1, -0.05) is 20.8 Å². The van der Waals surface area contributed by atoms with E-state index in [9.17, 15) is 9.18 Å². The zero-order valence-corrected chi connectivity index (χ0v) is 12.7. The van der Waals surface area contributed by atoms with Gasteiger partial charge in [0, 0.05) is 29.9 Å². The van der Waals surface area contributed by atoms with E-state index < -0.39 is 5.82 Å². The maximum absolute atomic E-state index is 13.7. The molecule has 1 aliphatic heterocycles. The van der Waals surface area contributed by atoms with Crippen LogP contribution in [0.3, 0.4) is 0 Å². The first-order valence-corrected chi connectivity index (χ1v) is 7.05. The van der Waals surface area contributed by atoms with Crippen LogP contribution in [0.2, 0.25) is 0 Å². The Morgan fingerprint density at radius 1 is 1.40 bits per heavy atom. The Morgan fingerprint density at radius 3 is 2.55 bits per heavy atom. The summed E-state index contributed by atoms with van der Waals surface area (Å²) in [6.07, 6.45) is 0.999. The highest BCUT2D eigenvalue weighted by Gasteiger charge is 2.34. The molecule has 1 atom stereocenters. The van der Waals surface area contributed by atoms with Crippen LogP contribution in [-0.4, -0.2) is 23.9 Å². The largest absolute Gasteiger partial charge is 0.398 e. The summed E-state index contributed by atoms with van der Waals surface area (Å²) in [6, 6.07) is 2.86. The van der Waals surface area contributed by atoms with Crippen LogP contribution in [0.4, 0.5) is 10.1 Å². The second-order valence-electron chi connectivity index (χ2n) is 6.78. The highest BCUT2D eigenvalue weighted by molar-refractivity contribution is 5.95. The van der Waals surface area contributed by atoms with E-state index in [-0.39, 0.29) is 11.3 Å². The fraction of sp³-hybridized carbons (Fsp3) is 0.562. The summed E-state index contributed by atoms with van der Waals surface area (Å²) in [7, 11) is 0. The van der Waals surface area contributed by atoms with Crippen molar-refractivity contribution in [2.24, 2.45) is 11.3 Å². The van der Waals surface area contributed by atoms with E-state index in [1.807, 2.05) is 0 Å². The first-order valence-electron chi connectivity index (χ1n) is 7.05. The first-order chi connectivity index (χ1) is 9.20. The van der Waals surface area contributed by atoms with Gasteiger partial charge in [-0.2, -0.15) is 0 Å². The normalized spacial score (nSPS) is 19.4. The lowest BCUT2D eigenvalue weighted by Gasteiger charge is -2.27. The topological polar surface area (TPSA) is 46.3 Å². The smallest absolute Gasteiger partial charge is 0.254 e. The molecular weight excluding hydrogens is 255 g/mol. The van der Waals surface area contributed by atoms with E-state index in [1.54, 1.807) is 17.9 Å². The fourth-order valence-corrected chi connectivity index (χ4v) is 2.66. The van der Waals surface area contributed by atoms with Crippen LogP contribution in [0.15, 0.2) is 12.1 Å². The quantitative estimate of drug-likeness (QED) is 0.802. The van der Waals surface area contributed by atoms with Gasteiger partial charge in [0.2, 0.25) is 0 Å². The van der Waals surface area contributed by atoms with Crippen LogP contribution >= 0.6 is 0 Å². The van der Waals surface area contributed by atoms with E-state index in [1.165, 1.54) is 6.07 Å². The summed E-state index contributed by atoms with van der Waals surface area (Å²) in [5, 5.41) is 0. The Labute approximate surface area is 120 Å². The van der Waals surface area contributed by atoms with E-state index in [0.717, 1.165) is 19.5 Å². The van der Waals surface area contributed by atoms with Crippen LogP contribution in [0.5, 0.6) is 0 Å². The van der Waals surface area contributed by atoms with Gasteiger partial charge in [0.15, 0.2) is 0 Å². The molecule has 0 spiro atoms. The second kappa shape index (κ2) is 5.08. The molecule has 1 aliphatic rings. The minimum Gasteiger partial charge on any atom is -0.398 e. The minimum atomic E-state index is -0.417. The highest BCUT2D eigenvalue weighted by atomic mass is 19.1. The molecule has 110 valence electrons. The third kappa shape index (κ3) is 2.79. The molecule has 0 radical (unpaired) electrons. The summed E-state index contributed by atoms with van der Waals surface area (Å²) in [5.74, 6) is -0.0543. The van der Waals surface area contributed by atoms with Crippen molar-refractivity contribution in [1.82, 2.24) is 4.90 Å². The molecule has 4 heteroatoms. The minimum absolute atomic E-state index is 0.123.